The van der Waals surface area contributed by atoms with Gasteiger partial charge in [0.1, 0.15) is 0 Å². The van der Waals surface area contributed by atoms with Crippen LogP contribution in [-0.2, 0) is 15.9 Å². The first-order valence-corrected chi connectivity index (χ1v) is 6.61. The molecular weight excluding hydrogens is 230 g/mol. The lowest BCUT2D eigenvalue weighted by Crippen LogP contribution is -2.40. The van der Waals surface area contributed by atoms with Gasteiger partial charge in [-0.1, -0.05) is 0 Å². The van der Waals surface area contributed by atoms with E-state index >= 15 is 0 Å². The topological polar surface area (TPSA) is 62.3 Å². The molecule has 0 fully saturated rings. The molecule has 5 heteroatoms. The van der Waals surface area contributed by atoms with E-state index in [0.29, 0.717) is 25.7 Å². The van der Waals surface area contributed by atoms with Gasteiger partial charge >= 0.3 is 0 Å². The summed E-state index contributed by atoms with van der Waals surface area (Å²) in [5.74, 6) is 0. The van der Waals surface area contributed by atoms with Crippen LogP contribution >= 0.6 is 0 Å². The summed E-state index contributed by atoms with van der Waals surface area (Å²) in [5.41, 5.74) is 7.08. The van der Waals surface area contributed by atoms with Gasteiger partial charge in [0.05, 0.1) is 11.7 Å². The van der Waals surface area contributed by atoms with Crippen LogP contribution in [0.25, 0.3) is 0 Å². The van der Waals surface area contributed by atoms with E-state index in [1.54, 1.807) is 0 Å². The summed E-state index contributed by atoms with van der Waals surface area (Å²) in [7, 11) is 0. The molecule has 1 heterocycles. The van der Waals surface area contributed by atoms with Gasteiger partial charge in [-0.25, -0.2) is 0 Å². The summed E-state index contributed by atoms with van der Waals surface area (Å²) < 4.78 is 12.9. The van der Waals surface area contributed by atoms with Crippen LogP contribution in [0.3, 0.4) is 0 Å². The molecule has 0 amide bonds. The average Bonchev–Trinajstić information content (AvgIpc) is 2.77. The Hall–Kier alpha value is -0.910. The van der Waals surface area contributed by atoms with Crippen molar-refractivity contribution in [2.45, 2.75) is 52.5 Å². The number of nitrogens with zero attached hydrogens (tertiary/aromatic N) is 2. The maximum absolute atomic E-state index is 6.11. The highest BCUT2D eigenvalue weighted by molar-refractivity contribution is 5.02. The summed E-state index contributed by atoms with van der Waals surface area (Å²) >= 11 is 0. The molecule has 0 aliphatic carbocycles. The minimum atomic E-state index is -0.357. The van der Waals surface area contributed by atoms with Gasteiger partial charge in [-0.15, -0.1) is 0 Å². The summed E-state index contributed by atoms with van der Waals surface area (Å²) in [6, 6.07) is 2.17. The minimum absolute atomic E-state index is 0.194. The standard InChI is InChI=1S/C13H25N3O2/c1-5-17-13(18-6-2)12(14)9-11-7-8-16(15-11)10(3)4/h7-8,10,12-13H,5-6,9,14H2,1-4H3. The van der Waals surface area contributed by atoms with E-state index in [1.807, 2.05) is 30.8 Å². The van der Waals surface area contributed by atoms with Gasteiger partial charge in [-0.05, 0) is 33.8 Å². The molecule has 0 radical (unpaired) electrons. The average molecular weight is 255 g/mol. The molecular formula is C13H25N3O2. The molecule has 1 atom stereocenters. The zero-order chi connectivity index (χ0) is 13.5. The molecule has 0 saturated heterocycles. The van der Waals surface area contributed by atoms with E-state index in [4.69, 9.17) is 15.2 Å². The first-order chi connectivity index (χ1) is 8.58. The molecule has 5 nitrogen and oxygen atoms in total. The fourth-order valence-electron chi connectivity index (χ4n) is 1.74. The van der Waals surface area contributed by atoms with Gasteiger partial charge in [0.2, 0.25) is 0 Å². The predicted octanol–water partition coefficient (Wildman–Crippen LogP) is 1.73. The number of hydrogen-bond donors (Lipinski definition) is 1. The van der Waals surface area contributed by atoms with Crippen LogP contribution in [0.4, 0.5) is 0 Å². The molecule has 1 unspecified atom stereocenters. The Balaban J connectivity index is 2.57. The van der Waals surface area contributed by atoms with Crippen molar-refractivity contribution in [2.24, 2.45) is 5.73 Å². The van der Waals surface area contributed by atoms with E-state index in [0.717, 1.165) is 5.69 Å². The van der Waals surface area contributed by atoms with Gasteiger partial charge < -0.3 is 15.2 Å². The maximum atomic E-state index is 6.11. The zero-order valence-corrected chi connectivity index (χ0v) is 11.8. The maximum Gasteiger partial charge on any atom is 0.172 e. The molecule has 18 heavy (non-hydrogen) atoms. The molecule has 1 rings (SSSR count). The molecule has 2 N–H and O–H groups in total. The van der Waals surface area contributed by atoms with Gasteiger partial charge in [0.15, 0.2) is 6.29 Å². The molecule has 0 saturated carbocycles. The highest BCUT2D eigenvalue weighted by Crippen LogP contribution is 2.09. The van der Waals surface area contributed by atoms with Crippen molar-refractivity contribution in [3.63, 3.8) is 0 Å². The van der Waals surface area contributed by atoms with Gasteiger partial charge in [0.25, 0.3) is 0 Å². The van der Waals surface area contributed by atoms with Gasteiger partial charge in [-0.3, -0.25) is 4.68 Å². The predicted molar refractivity (Wildman–Crippen MR) is 71.3 cm³/mol. The SMILES string of the molecule is CCOC(OCC)C(N)Cc1ccn(C(C)C)n1. The Kier molecular flexibility index (Phi) is 6.32. The molecule has 0 aliphatic heterocycles. The third-order valence-corrected chi connectivity index (χ3v) is 2.65. The summed E-state index contributed by atoms with van der Waals surface area (Å²) in [4.78, 5) is 0. The van der Waals surface area contributed by atoms with Crippen LogP contribution in [0.5, 0.6) is 0 Å². The van der Waals surface area contributed by atoms with Crippen molar-refractivity contribution < 1.29 is 9.47 Å². The Labute approximate surface area is 109 Å². The Morgan fingerprint density at radius 2 is 1.89 bits per heavy atom. The molecule has 1 aromatic heterocycles. The van der Waals surface area contributed by atoms with E-state index in [9.17, 15) is 0 Å². The van der Waals surface area contributed by atoms with Gasteiger partial charge in [-0.2, -0.15) is 5.10 Å². The first kappa shape index (κ1) is 15.1. The number of aromatic nitrogens is 2. The fraction of sp³-hybridized carbons (Fsp3) is 0.769. The van der Waals surface area contributed by atoms with Crippen molar-refractivity contribution in [3.8, 4) is 0 Å². The number of nitrogens with two attached hydrogens (primary N) is 1. The fourth-order valence-corrected chi connectivity index (χ4v) is 1.74. The van der Waals surface area contributed by atoms with Crippen LogP contribution < -0.4 is 5.73 Å². The molecule has 0 bridgehead atoms. The largest absolute Gasteiger partial charge is 0.351 e. The normalized spacial score (nSPS) is 13.5. The van der Waals surface area contributed by atoms with Crippen molar-refractivity contribution >= 4 is 0 Å². The highest BCUT2D eigenvalue weighted by atomic mass is 16.7. The summed E-state index contributed by atoms with van der Waals surface area (Å²) in [5, 5.41) is 4.48. The van der Waals surface area contributed by atoms with Crippen LogP contribution in [-0.4, -0.2) is 35.3 Å². The van der Waals surface area contributed by atoms with E-state index in [2.05, 4.69) is 18.9 Å². The lowest BCUT2D eigenvalue weighted by atomic mass is 10.1. The molecule has 0 aliphatic rings. The van der Waals surface area contributed by atoms with Crippen LogP contribution in [0.1, 0.15) is 39.4 Å². The lowest BCUT2D eigenvalue weighted by Gasteiger charge is -2.22. The van der Waals surface area contributed by atoms with Crippen LogP contribution in [0.15, 0.2) is 12.3 Å². The Morgan fingerprint density at radius 1 is 1.28 bits per heavy atom. The lowest BCUT2D eigenvalue weighted by molar-refractivity contribution is -0.148. The van der Waals surface area contributed by atoms with E-state index < -0.39 is 0 Å². The number of ether oxygens (including phenoxy) is 2. The smallest absolute Gasteiger partial charge is 0.172 e. The second-order valence-corrected chi connectivity index (χ2v) is 4.53. The third-order valence-electron chi connectivity index (χ3n) is 2.65. The van der Waals surface area contributed by atoms with Crippen LogP contribution in [0.2, 0.25) is 0 Å². The molecule has 0 aromatic carbocycles. The third kappa shape index (κ3) is 4.40. The second kappa shape index (κ2) is 7.51. The Morgan fingerprint density at radius 3 is 2.33 bits per heavy atom. The van der Waals surface area contributed by atoms with Crippen LogP contribution in [0, 0.1) is 0 Å². The number of hydrogen-bond acceptors (Lipinski definition) is 4. The quantitative estimate of drug-likeness (QED) is 0.719. The Bertz CT molecular complexity index is 333. The molecule has 104 valence electrons. The van der Waals surface area contributed by atoms with Gasteiger partial charge in [0, 0.05) is 31.9 Å². The minimum Gasteiger partial charge on any atom is -0.351 e. The zero-order valence-electron chi connectivity index (χ0n) is 11.8. The van der Waals surface area contributed by atoms with Crippen molar-refractivity contribution in [1.82, 2.24) is 9.78 Å². The van der Waals surface area contributed by atoms with E-state index in [1.165, 1.54) is 0 Å². The van der Waals surface area contributed by atoms with E-state index in [-0.39, 0.29) is 12.3 Å². The molecule has 1 aromatic rings. The number of rotatable bonds is 8. The summed E-state index contributed by atoms with van der Waals surface area (Å²) in [6.45, 7) is 9.26. The first-order valence-electron chi connectivity index (χ1n) is 6.61. The second-order valence-electron chi connectivity index (χ2n) is 4.53. The van der Waals surface area contributed by atoms with Crippen molar-refractivity contribution in [3.05, 3.63) is 18.0 Å². The molecule has 0 spiro atoms. The highest BCUT2D eigenvalue weighted by Gasteiger charge is 2.19. The monoisotopic (exact) mass is 255 g/mol. The summed E-state index contributed by atoms with van der Waals surface area (Å²) in [6.07, 6.45) is 2.28. The van der Waals surface area contributed by atoms with Crippen molar-refractivity contribution in [1.29, 1.82) is 0 Å². The van der Waals surface area contributed by atoms with Crippen molar-refractivity contribution in [2.75, 3.05) is 13.2 Å².